The molecule has 1 aliphatic rings. The van der Waals surface area contributed by atoms with E-state index in [9.17, 15) is 14.0 Å². The maximum atomic E-state index is 14.5. The van der Waals surface area contributed by atoms with Crippen molar-refractivity contribution in [2.45, 2.75) is 33.0 Å². The number of alkyl carbamates (subject to hydrolysis) is 1. The average Bonchev–Trinajstić information content (AvgIpc) is 3.56. The number of halogens is 1. The minimum Gasteiger partial charge on any atom is -0.443 e. The van der Waals surface area contributed by atoms with Crippen molar-refractivity contribution >= 4 is 23.6 Å². The minimum absolute atomic E-state index is 0.0951. The number of aromatic nitrogens is 5. The Morgan fingerprint density at radius 3 is 2.72 bits per heavy atom. The Morgan fingerprint density at radius 2 is 1.97 bits per heavy atom. The number of carbonyl (C=O) groups is 2. The van der Waals surface area contributed by atoms with E-state index in [0.717, 1.165) is 0 Å². The summed E-state index contributed by atoms with van der Waals surface area (Å²) in [6.07, 6.45) is 0.818. The third-order valence-electron chi connectivity index (χ3n) is 6.57. The molecule has 0 aliphatic carbocycles. The number of nitrogens with zero attached hydrogens (tertiary/aromatic N) is 7. The summed E-state index contributed by atoms with van der Waals surface area (Å²) < 4.78 is 21.3. The molecule has 0 fully saturated rings. The Kier molecular flexibility index (Phi) is 6.92. The second-order valence-electron chi connectivity index (χ2n) is 9.23. The summed E-state index contributed by atoms with van der Waals surface area (Å²) in [5.74, 6) is 0.615. The zero-order valence-electron chi connectivity index (χ0n) is 21.9. The molecule has 12 heteroatoms. The molecule has 2 amide bonds. The zero-order valence-corrected chi connectivity index (χ0v) is 21.9. The van der Waals surface area contributed by atoms with Crippen LogP contribution in [0, 0.1) is 5.82 Å². The van der Waals surface area contributed by atoms with Crippen molar-refractivity contribution in [3.8, 4) is 17.2 Å². The molecule has 0 saturated heterocycles. The van der Waals surface area contributed by atoms with Crippen LogP contribution >= 0.6 is 0 Å². The van der Waals surface area contributed by atoms with E-state index >= 15 is 0 Å². The first kappa shape index (κ1) is 25.8. The predicted octanol–water partition coefficient (Wildman–Crippen LogP) is 3.72. The Morgan fingerprint density at radius 1 is 1.18 bits per heavy atom. The van der Waals surface area contributed by atoms with Crippen molar-refractivity contribution in [3.05, 3.63) is 77.5 Å². The fourth-order valence-corrected chi connectivity index (χ4v) is 4.24. The van der Waals surface area contributed by atoms with Gasteiger partial charge in [0.25, 0.3) is 5.91 Å². The van der Waals surface area contributed by atoms with Gasteiger partial charge in [0.2, 0.25) is 0 Å². The molecule has 4 aromatic rings. The van der Waals surface area contributed by atoms with Crippen LogP contribution in [0.5, 0.6) is 0 Å². The van der Waals surface area contributed by atoms with Crippen molar-refractivity contribution in [1.29, 1.82) is 0 Å². The molecule has 0 spiro atoms. The van der Waals surface area contributed by atoms with Crippen LogP contribution in [-0.4, -0.2) is 56.9 Å². The third-order valence-corrected chi connectivity index (χ3v) is 6.57. The summed E-state index contributed by atoms with van der Waals surface area (Å²) in [5, 5.41) is 10.5. The molecule has 0 unspecified atom stereocenters. The Bertz CT molecular complexity index is 1550. The number of hydrogen-bond acceptors (Lipinski definition) is 8. The summed E-state index contributed by atoms with van der Waals surface area (Å²) >= 11 is 0. The molecule has 1 aliphatic heterocycles. The van der Waals surface area contributed by atoms with Crippen LogP contribution in [0.25, 0.3) is 17.2 Å². The monoisotopic (exact) mass is 530 g/mol. The van der Waals surface area contributed by atoms with Gasteiger partial charge in [0.15, 0.2) is 5.82 Å². The molecule has 11 nitrogen and oxygen atoms in total. The number of nitrogens with one attached hydrogen (secondary N) is 1. The molecule has 1 aromatic carbocycles. The first-order valence-electron chi connectivity index (χ1n) is 12.3. The van der Waals surface area contributed by atoms with Gasteiger partial charge in [-0.25, -0.2) is 19.2 Å². The molecule has 1 N–H and O–H groups in total. The normalized spacial score (nSPS) is 12.6. The van der Waals surface area contributed by atoms with E-state index in [0.29, 0.717) is 40.0 Å². The predicted molar refractivity (Wildman–Crippen MR) is 142 cm³/mol. The molecule has 3 aromatic heterocycles. The third kappa shape index (κ3) is 4.88. The van der Waals surface area contributed by atoms with Crippen LogP contribution in [0.3, 0.4) is 0 Å². The fraction of sp³-hybridized carbons (Fsp3) is 0.259. The van der Waals surface area contributed by atoms with Crippen LogP contribution in [0.4, 0.5) is 20.8 Å². The van der Waals surface area contributed by atoms with Gasteiger partial charge in [0.05, 0.1) is 23.5 Å². The van der Waals surface area contributed by atoms with Gasteiger partial charge in [-0.2, -0.15) is 0 Å². The molecule has 0 radical (unpaired) electrons. The van der Waals surface area contributed by atoms with Crippen LogP contribution in [0.2, 0.25) is 0 Å². The number of ether oxygens (including phenoxy) is 1. The number of carbonyl (C=O) groups excluding carboxylic acids is 2. The van der Waals surface area contributed by atoms with Crippen molar-refractivity contribution in [1.82, 2.24) is 30.0 Å². The highest BCUT2D eigenvalue weighted by atomic mass is 19.1. The number of anilines is 2. The molecule has 39 heavy (non-hydrogen) atoms. The second kappa shape index (κ2) is 10.5. The molecule has 5 rings (SSSR count). The number of hydrogen-bond donors (Lipinski definition) is 1. The van der Waals surface area contributed by atoms with Crippen LogP contribution < -0.4 is 15.1 Å². The van der Waals surface area contributed by atoms with E-state index in [1.807, 2.05) is 25.8 Å². The Hall–Kier alpha value is -4.87. The molecule has 4 heterocycles. The molecule has 200 valence electrons. The van der Waals surface area contributed by atoms with Crippen molar-refractivity contribution in [2.24, 2.45) is 0 Å². The van der Waals surface area contributed by atoms with E-state index in [-0.39, 0.29) is 30.8 Å². The number of benzene rings is 1. The van der Waals surface area contributed by atoms with Gasteiger partial charge in [-0.1, -0.05) is 18.2 Å². The van der Waals surface area contributed by atoms with Crippen molar-refractivity contribution in [3.63, 3.8) is 0 Å². The molecule has 0 bridgehead atoms. The van der Waals surface area contributed by atoms with Crippen LogP contribution in [0.15, 0.2) is 54.9 Å². The lowest BCUT2D eigenvalue weighted by Crippen LogP contribution is -2.27. The van der Waals surface area contributed by atoms with Crippen LogP contribution in [-0.2, 0) is 17.9 Å². The SMILES string of the molecule is CNC(=O)OCc1nc(N(C)C(C)C)cc2c1CN(c1cccc(-c3nncn3-c3ccccc3F)n1)C2=O. The lowest BCUT2D eigenvalue weighted by atomic mass is 10.1. The van der Waals surface area contributed by atoms with Gasteiger partial charge in [-0.3, -0.25) is 14.3 Å². The summed E-state index contributed by atoms with van der Waals surface area (Å²) in [6, 6.07) is 13.4. The molecule has 0 atom stereocenters. The minimum atomic E-state index is -0.595. The Balaban J connectivity index is 1.51. The summed E-state index contributed by atoms with van der Waals surface area (Å²) in [6.45, 7) is 4.12. The number of amides is 2. The topological polar surface area (TPSA) is 118 Å². The van der Waals surface area contributed by atoms with E-state index in [2.05, 4.69) is 20.5 Å². The molecule has 0 saturated carbocycles. The van der Waals surface area contributed by atoms with Crippen molar-refractivity contribution in [2.75, 3.05) is 23.9 Å². The largest absolute Gasteiger partial charge is 0.443 e. The van der Waals surface area contributed by atoms with Gasteiger partial charge in [0.1, 0.15) is 36.1 Å². The first-order chi connectivity index (χ1) is 18.8. The number of para-hydroxylation sites is 1. The molecular formula is C27H27FN8O3. The Labute approximate surface area is 224 Å². The number of fused-ring (bicyclic) bond motifs is 1. The summed E-state index contributed by atoms with van der Waals surface area (Å²) in [4.78, 5) is 38.3. The van der Waals surface area contributed by atoms with Gasteiger partial charge >= 0.3 is 6.09 Å². The quantitative estimate of drug-likeness (QED) is 0.384. The van der Waals surface area contributed by atoms with Gasteiger partial charge in [-0.15, -0.1) is 10.2 Å². The summed E-state index contributed by atoms with van der Waals surface area (Å²) in [7, 11) is 3.36. The average molecular weight is 531 g/mol. The standard InChI is InChI=1S/C27H27FN8O3/c1-16(2)34(4)24-12-17-18(21(32-24)14-39-27(38)29-3)13-35(26(17)37)23-11-7-9-20(31-23)25-33-30-15-36(25)22-10-6-5-8-19(22)28/h5-12,15-16H,13-14H2,1-4H3,(H,29,38). The maximum absolute atomic E-state index is 14.5. The smallest absolute Gasteiger partial charge is 0.407 e. The highest BCUT2D eigenvalue weighted by Crippen LogP contribution is 2.33. The zero-order chi connectivity index (χ0) is 27.7. The van der Waals surface area contributed by atoms with Gasteiger partial charge in [0, 0.05) is 25.7 Å². The van der Waals surface area contributed by atoms with E-state index in [4.69, 9.17) is 9.72 Å². The fourth-order valence-electron chi connectivity index (χ4n) is 4.24. The highest BCUT2D eigenvalue weighted by molar-refractivity contribution is 6.10. The van der Waals surface area contributed by atoms with Crippen LogP contribution in [0.1, 0.15) is 35.5 Å². The number of pyridine rings is 2. The van der Waals surface area contributed by atoms with Gasteiger partial charge < -0.3 is 15.0 Å². The maximum Gasteiger partial charge on any atom is 0.407 e. The van der Waals surface area contributed by atoms with Gasteiger partial charge in [-0.05, 0) is 44.2 Å². The lowest BCUT2D eigenvalue weighted by Gasteiger charge is -2.23. The highest BCUT2D eigenvalue weighted by Gasteiger charge is 2.34. The van der Waals surface area contributed by atoms with Crippen molar-refractivity contribution < 1.29 is 18.7 Å². The summed E-state index contributed by atoms with van der Waals surface area (Å²) in [5.41, 5.74) is 2.31. The molecular weight excluding hydrogens is 503 g/mol. The van der Waals surface area contributed by atoms with E-state index in [1.165, 1.54) is 28.9 Å². The van der Waals surface area contributed by atoms with E-state index in [1.54, 1.807) is 42.5 Å². The number of rotatable bonds is 7. The lowest BCUT2D eigenvalue weighted by molar-refractivity contribution is 0.0996. The first-order valence-corrected chi connectivity index (χ1v) is 12.3. The van der Waals surface area contributed by atoms with E-state index < -0.39 is 11.9 Å². The second-order valence-corrected chi connectivity index (χ2v) is 9.23.